The Kier molecular flexibility index (Phi) is 6.71. The van der Waals surface area contributed by atoms with Gasteiger partial charge in [-0.05, 0) is 44.5 Å². The summed E-state index contributed by atoms with van der Waals surface area (Å²) in [6.45, 7) is 8.79. The Morgan fingerprint density at radius 1 is 1.32 bits per heavy atom. The minimum Gasteiger partial charge on any atom is -0.496 e. The maximum atomic E-state index is 5.89. The van der Waals surface area contributed by atoms with E-state index in [9.17, 15) is 0 Å². The van der Waals surface area contributed by atoms with Crippen LogP contribution in [0, 0.1) is 0 Å². The molecule has 3 heteroatoms. The first-order valence-electron chi connectivity index (χ1n) is 7.28. The second-order valence-corrected chi connectivity index (χ2v) is 5.15. The number of anilines is 1. The van der Waals surface area contributed by atoms with E-state index in [0.717, 1.165) is 30.9 Å². The molecule has 1 aromatic rings. The third-order valence-electron chi connectivity index (χ3n) is 3.69. The van der Waals surface area contributed by atoms with Gasteiger partial charge in [-0.3, -0.25) is 4.90 Å². The van der Waals surface area contributed by atoms with Gasteiger partial charge in [0, 0.05) is 23.8 Å². The average molecular weight is 264 g/mol. The van der Waals surface area contributed by atoms with Crippen LogP contribution in [0.2, 0.25) is 0 Å². The van der Waals surface area contributed by atoms with Gasteiger partial charge < -0.3 is 10.5 Å². The quantitative estimate of drug-likeness (QED) is 0.728. The molecule has 0 aliphatic heterocycles. The Hall–Kier alpha value is -1.22. The highest BCUT2D eigenvalue weighted by Gasteiger charge is 2.14. The van der Waals surface area contributed by atoms with Gasteiger partial charge in [0.25, 0.3) is 0 Å². The Bertz CT molecular complexity index is 379. The highest BCUT2D eigenvalue weighted by Crippen LogP contribution is 2.24. The third kappa shape index (κ3) is 4.75. The second-order valence-electron chi connectivity index (χ2n) is 5.15. The van der Waals surface area contributed by atoms with Crippen molar-refractivity contribution in [2.45, 2.75) is 52.6 Å². The van der Waals surface area contributed by atoms with Gasteiger partial charge in [-0.25, -0.2) is 0 Å². The zero-order valence-electron chi connectivity index (χ0n) is 12.8. The van der Waals surface area contributed by atoms with Crippen molar-refractivity contribution in [2.24, 2.45) is 0 Å². The minimum atomic E-state index is 0.581. The first-order valence-corrected chi connectivity index (χ1v) is 7.28. The number of hydrogen-bond donors (Lipinski definition) is 1. The molecular formula is C16H28N2O. The summed E-state index contributed by atoms with van der Waals surface area (Å²) in [5.41, 5.74) is 7.87. The van der Waals surface area contributed by atoms with Crippen molar-refractivity contribution in [3.05, 3.63) is 23.8 Å². The van der Waals surface area contributed by atoms with Crippen molar-refractivity contribution in [1.29, 1.82) is 0 Å². The molecule has 0 aliphatic rings. The average Bonchev–Trinajstić information content (AvgIpc) is 2.42. The number of rotatable bonds is 8. The predicted octanol–water partition coefficient (Wildman–Crippen LogP) is 3.68. The van der Waals surface area contributed by atoms with Crippen LogP contribution in [0.3, 0.4) is 0 Å². The first kappa shape index (κ1) is 15.8. The standard InChI is InChI=1S/C16H28N2O/c1-5-7-10-18(13(3)6-2)12-14-11-15(17)8-9-16(14)19-4/h8-9,11,13H,5-7,10,12,17H2,1-4H3. The summed E-state index contributed by atoms with van der Waals surface area (Å²) in [4.78, 5) is 2.51. The molecule has 1 aromatic carbocycles. The Morgan fingerprint density at radius 2 is 2.05 bits per heavy atom. The molecule has 2 N–H and O–H groups in total. The second kappa shape index (κ2) is 8.05. The summed E-state index contributed by atoms with van der Waals surface area (Å²) in [5.74, 6) is 0.930. The van der Waals surface area contributed by atoms with Gasteiger partial charge in [0.05, 0.1) is 7.11 Å². The lowest BCUT2D eigenvalue weighted by Gasteiger charge is -2.29. The van der Waals surface area contributed by atoms with Crippen molar-refractivity contribution in [3.63, 3.8) is 0 Å². The lowest BCUT2D eigenvalue weighted by Crippen LogP contribution is -2.33. The molecule has 19 heavy (non-hydrogen) atoms. The molecule has 0 fully saturated rings. The molecule has 0 saturated carbocycles. The van der Waals surface area contributed by atoms with E-state index in [1.165, 1.54) is 18.4 Å². The molecule has 0 saturated heterocycles. The molecule has 108 valence electrons. The summed E-state index contributed by atoms with van der Waals surface area (Å²) in [6, 6.07) is 6.46. The maximum absolute atomic E-state index is 5.89. The molecular weight excluding hydrogens is 236 g/mol. The van der Waals surface area contributed by atoms with Crippen LogP contribution in [0.15, 0.2) is 18.2 Å². The number of methoxy groups -OCH3 is 1. The van der Waals surface area contributed by atoms with Crippen LogP contribution < -0.4 is 10.5 Å². The zero-order valence-corrected chi connectivity index (χ0v) is 12.8. The predicted molar refractivity (Wildman–Crippen MR) is 82.5 cm³/mol. The minimum absolute atomic E-state index is 0.581. The monoisotopic (exact) mass is 264 g/mol. The molecule has 1 rings (SSSR count). The molecule has 0 radical (unpaired) electrons. The summed E-state index contributed by atoms with van der Waals surface area (Å²) in [5, 5.41) is 0. The van der Waals surface area contributed by atoms with Crippen LogP contribution in [0.25, 0.3) is 0 Å². The van der Waals surface area contributed by atoms with Crippen LogP contribution >= 0.6 is 0 Å². The van der Waals surface area contributed by atoms with Gasteiger partial charge >= 0.3 is 0 Å². The number of hydrogen-bond acceptors (Lipinski definition) is 3. The molecule has 0 aliphatic carbocycles. The Morgan fingerprint density at radius 3 is 2.63 bits per heavy atom. The van der Waals surface area contributed by atoms with Crippen molar-refractivity contribution in [1.82, 2.24) is 4.90 Å². The van der Waals surface area contributed by atoms with Gasteiger partial charge in [-0.1, -0.05) is 20.3 Å². The molecule has 0 spiro atoms. The number of nitrogens with zero attached hydrogens (tertiary/aromatic N) is 1. The van der Waals surface area contributed by atoms with Crippen LogP contribution in [0.5, 0.6) is 5.75 Å². The van der Waals surface area contributed by atoms with Gasteiger partial charge in [-0.15, -0.1) is 0 Å². The molecule has 0 bridgehead atoms. The SMILES string of the molecule is CCCCN(Cc1cc(N)ccc1OC)C(C)CC. The number of unbranched alkanes of at least 4 members (excludes halogenated alkanes) is 1. The topological polar surface area (TPSA) is 38.5 Å². The highest BCUT2D eigenvalue weighted by atomic mass is 16.5. The normalized spacial score (nSPS) is 12.7. The lowest BCUT2D eigenvalue weighted by molar-refractivity contribution is 0.190. The maximum Gasteiger partial charge on any atom is 0.123 e. The summed E-state index contributed by atoms with van der Waals surface area (Å²) in [6.07, 6.45) is 3.62. The molecule has 1 atom stereocenters. The Labute approximate surface area is 117 Å². The number of nitrogen functional groups attached to an aromatic ring is 1. The fourth-order valence-electron chi connectivity index (χ4n) is 2.22. The fraction of sp³-hybridized carbons (Fsp3) is 0.625. The third-order valence-corrected chi connectivity index (χ3v) is 3.69. The van der Waals surface area contributed by atoms with Crippen molar-refractivity contribution in [3.8, 4) is 5.75 Å². The van der Waals surface area contributed by atoms with E-state index in [1.807, 2.05) is 18.2 Å². The van der Waals surface area contributed by atoms with Crippen molar-refractivity contribution < 1.29 is 4.74 Å². The summed E-state index contributed by atoms with van der Waals surface area (Å²) in [7, 11) is 1.72. The fourth-order valence-corrected chi connectivity index (χ4v) is 2.22. The first-order chi connectivity index (χ1) is 9.12. The van der Waals surface area contributed by atoms with Crippen LogP contribution in [-0.4, -0.2) is 24.6 Å². The summed E-state index contributed by atoms with van der Waals surface area (Å²) >= 11 is 0. The van der Waals surface area contributed by atoms with E-state index in [4.69, 9.17) is 10.5 Å². The summed E-state index contributed by atoms with van der Waals surface area (Å²) < 4.78 is 5.44. The van der Waals surface area contributed by atoms with Gasteiger partial charge in [0.1, 0.15) is 5.75 Å². The van der Waals surface area contributed by atoms with Crippen molar-refractivity contribution in [2.75, 3.05) is 19.4 Å². The van der Waals surface area contributed by atoms with Gasteiger partial charge in [-0.2, -0.15) is 0 Å². The van der Waals surface area contributed by atoms with Crippen LogP contribution in [0.4, 0.5) is 5.69 Å². The van der Waals surface area contributed by atoms with E-state index in [-0.39, 0.29) is 0 Å². The number of nitrogens with two attached hydrogens (primary N) is 1. The van der Waals surface area contributed by atoms with E-state index in [0.29, 0.717) is 6.04 Å². The van der Waals surface area contributed by atoms with Crippen molar-refractivity contribution >= 4 is 5.69 Å². The number of ether oxygens (including phenoxy) is 1. The molecule has 0 heterocycles. The largest absolute Gasteiger partial charge is 0.496 e. The van der Waals surface area contributed by atoms with Crippen LogP contribution in [0.1, 0.15) is 45.6 Å². The van der Waals surface area contributed by atoms with Gasteiger partial charge in [0.15, 0.2) is 0 Å². The Balaban J connectivity index is 2.85. The van der Waals surface area contributed by atoms with E-state index in [2.05, 4.69) is 25.7 Å². The number of benzene rings is 1. The van der Waals surface area contributed by atoms with E-state index >= 15 is 0 Å². The molecule has 1 unspecified atom stereocenters. The lowest BCUT2D eigenvalue weighted by atomic mass is 10.1. The molecule has 3 nitrogen and oxygen atoms in total. The smallest absolute Gasteiger partial charge is 0.123 e. The van der Waals surface area contributed by atoms with Crippen LogP contribution in [-0.2, 0) is 6.54 Å². The molecule has 0 amide bonds. The highest BCUT2D eigenvalue weighted by molar-refractivity contribution is 5.47. The zero-order chi connectivity index (χ0) is 14.3. The van der Waals surface area contributed by atoms with E-state index in [1.54, 1.807) is 7.11 Å². The van der Waals surface area contributed by atoms with Gasteiger partial charge in [0.2, 0.25) is 0 Å². The molecule has 0 aromatic heterocycles. The van der Waals surface area contributed by atoms with E-state index < -0.39 is 0 Å².